The zero-order chi connectivity index (χ0) is 6.41. The highest BCUT2D eigenvalue weighted by molar-refractivity contribution is 4.61. The van der Waals surface area contributed by atoms with Crippen LogP contribution in [0.5, 0.6) is 0 Å². The Kier molecular flexibility index (Phi) is 19.3. The molecule has 0 atom stereocenters. The summed E-state index contributed by atoms with van der Waals surface area (Å²) in [6, 6.07) is 0. The molecule has 1 heteroatoms. The third kappa shape index (κ3) is 10.9. The maximum atomic E-state index is 2.31. The molecule has 1 saturated heterocycles. The second-order valence-corrected chi connectivity index (χ2v) is 2.36. The fourth-order valence-corrected chi connectivity index (χ4v) is 0.474. The number of hydrogen-bond donors (Lipinski definition) is 0. The van der Waals surface area contributed by atoms with Crippen molar-refractivity contribution < 1.29 is 0 Å². The molecule has 1 nitrogen and oxygen atoms in total. The second-order valence-electron chi connectivity index (χ2n) is 2.36. The monoisotopic (exact) mass is 147 g/mol. The molecule has 0 saturated carbocycles. The molecule has 1 heterocycles. The molecule has 1 fully saturated rings. The van der Waals surface area contributed by atoms with E-state index in [9.17, 15) is 0 Å². The average molecular weight is 147 g/mol. The van der Waals surface area contributed by atoms with Crippen molar-refractivity contribution in [1.29, 1.82) is 0 Å². The van der Waals surface area contributed by atoms with Crippen LogP contribution in [0.2, 0.25) is 0 Å². The summed E-state index contributed by atoms with van der Waals surface area (Å²) in [6.07, 6.45) is 2.66. The molecule has 0 amide bonds. The first-order chi connectivity index (χ1) is 3.81. The third-order valence-electron chi connectivity index (χ3n) is 1.08. The fourth-order valence-electron chi connectivity index (χ4n) is 0.474. The van der Waals surface area contributed by atoms with E-state index in [4.69, 9.17) is 0 Å². The molecule has 0 radical (unpaired) electrons. The van der Waals surface area contributed by atoms with Gasteiger partial charge in [-0.25, -0.2) is 0 Å². The number of hydrogen-bond acceptors (Lipinski definition) is 1. The van der Waals surface area contributed by atoms with E-state index < -0.39 is 0 Å². The lowest BCUT2D eigenvalue weighted by Crippen LogP contribution is -2.32. The van der Waals surface area contributed by atoms with Crippen LogP contribution in [0.25, 0.3) is 0 Å². The predicted molar refractivity (Wildman–Crippen MR) is 51.5 cm³/mol. The van der Waals surface area contributed by atoms with Crippen molar-refractivity contribution in [3.8, 4) is 0 Å². The minimum atomic E-state index is 0. The summed E-state index contributed by atoms with van der Waals surface area (Å²) >= 11 is 0. The summed E-state index contributed by atoms with van der Waals surface area (Å²) in [5, 5.41) is 0. The van der Waals surface area contributed by atoms with Gasteiger partial charge in [-0.1, -0.05) is 35.1 Å². The number of likely N-dealkylation sites (tertiary alicyclic amines) is 1. The highest BCUT2D eigenvalue weighted by Gasteiger charge is 2.04. The molecule has 66 valence electrons. The highest BCUT2D eigenvalue weighted by atomic mass is 15.1. The van der Waals surface area contributed by atoms with Gasteiger partial charge in [-0.15, -0.1) is 0 Å². The standard InChI is InChI=1S/C4H9N.C3H8.2CH4/c1-5-3-2-4-5;1-3-2;;/h2-4H2,1H3;3H2,1-2H3;2*1H4. The molecule has 0 spiro atoms. The molecule has 1 aliphatic heterocycles. The van der Waals surface area contributed by atoms with Gasteiger partial charge in [0.15, 0.2) is 0 Å². The van der Waals surface area contributed by atoms with Gasteiger partial charge in [-0.2, -0.15) is 0 Å². The van der Waals surface area contributed by atoms with E-state index in [1.165, 1.54) is 25.9 Å². The summed E-state index contributed by atoms with van der Waals surface area (Å²) in [5.74, 6) is 0. The van der Waals surface area contributed by atoms with Crippen molar-refractivity contribution in [3.05, 3.63) is 0 Å². The SMILES string of the molecule is C.C.CCC.CN1CCC1. The van der Waals surface area contributed by atoms with Crippen LogP contribution in [0.15, 0.2) is 0 Å². The van der Waals surface area contributed by atoms with Crippen LogP contribution >= 0.6 is 0 Å². The predicted octanol–water partition coefficient (Wildman–Crippen LogP) is 3.01. The lowest BCUT2D eigenvalue weighted by Gasteiger charge is -2.24. The molecular formula is C9H25N. The van der Waals surface area contributed by atoms with Crippen LogP contribution in [-0.2, 0) is 0 Å². The Labute approximate surface area is 67.4 Å². The Hall–Kier alpha value is -0.0400. The molecule has 1 aliphatic rings. The van der Waals surface area contributed by atoms with Crippen LogP contribution in [0.3, 0.4) is 0 Å². The lowest BCUT2D eigenvalue weighted by atomic mass is 10.3. The summed E-state index contributed by atoms with van der Waals surface area (Å²) in [6.45, 7) is 6.89. The Morgan fingerprint density at radius 3 is 1.30 bits per heavy atom. The van der Waals surface area contributed by atoms with Gasteiger partial charge in [0.1, 0.15) is 0 Å². The molecule has 0 bridgehead atoms. The van der Waals surface area contributed by atoms with Crippen LogP contribution in [0, 0.1) is 0 Å². The van der Waals surface area contributed by atoms with Crippen molar-refractivity contribution in [2.75, 3.05) is 20.1 Å². The lowest BCUT2D eigenvalue weighted by molar-refractivity contribution is 0.229. The highest BCUT2D eigenvalue weighted by Crippen LogP contribution is 1.98. The maximum Gasteiger partial charge on any atom is -0.000959 e. The van der Waals surface area contributed by atoms with E-state index in [-0.39, 0.29) is 14.9 Å². The Bertz CT molecular complexity index is 40.0. The molecule has 0 aromatic rings. The van der Waals surface area contributed by atoms with Crippen molar-refractivity contribution in [1.82, 2.24) is 4.90 Å². The van der Waals surface area contributed by atoms with E-state index in [2.05, 4.69) is 25.8 Å². The van der Waals surface area contributed by atoms with Gasteiger partial charge in [-0.3, -0.25) is 0 Å². The van der Waals surface area contributed by atoms with E-state index in [0.29, 0.717) is 0 Å². The first-order valence-corrected chi connectivity index (χ1v) is 3.49. The van der Waals surface area contributed by atoms with E-state index in [1.807, 2.05) is 0 Å². The zero-order valence-electron chi connectivity index (χ0n) is 6.28. The molecule has 1 rings (SSSR count). The van der Waals surface area contributed by atoms with Gasteiger partial charge in [0, 0.05) is 0 Å². The van der Waals surface area contributed by atoms with Gasteiger partial charge in [-0.05, 0) is 26.6 Å². The second kappa shape index (κ2) is 11.7. The third-order valence-corrected chi connectivity index (χ3v) is 1.08. The van der Waals surface area contributed by atoms with E-state index in [0.717, 1.165) is 0 Å². The molecule has 10 heavy (non-hydrogen) atoms. The van der Waals surface area contributed by atoms with E-state index >= 15 is 0 Å². The van der Waals surface area contributed by atoms with E-state index in [1.54, 1.807) is 0 Å². The van der Waals surface area contributed by atoms with Crippen molar-refractivity contribution in [2.45, 2.75) is 41.5 Å². The molecule has 0 unspecified atom stereocenters. The largest absolute Gasteiger partial charge is 0.306 e. The summed E-state index contributed by atoms with van der Waals surface area (Å²) in [7, 11) is 2.14. The number of nitrogens with zero attached hydrogens (tertiary/aromatic N) is 1. The molecule has 0 aliphatic carbocycles. The quantitative estimate of drug-likeness (QED) is 0.509. The van der Waals surface area contributed by atoms with Crippen molar-refractivity contribution >= 4 is 0 Å². The van der Waals surface area contributed by atoms with Gasteiger partial charge in [0.25, 0.3) is 0 Å². The summed E-state index contributed by atoms with van der Waals surface area (Å²) < 4.78 is 0. The van der Waals surface area contributed by atoms with Crippen LogP contribution in [-0.4, -0.2) is 25.0 Å². The van der Waals surface area contributed by atoms with Gasteiger partial charge >= 0.3 is 0 Å². The topological polar surface area (TPSA) is 3.24 Å². The minimum Gasteiger partial charge on any atom is -0.306 e. The Morgan fingerprint density at radius 2 is 1.30 bits per heavy atom. The molecule has 0 aromatic heterocycles. The Morgan fingerprint density at radius 1 is 1.10 bits per heavy atom. The summed E-state index contributed by atoms with van der Waals surface area (Å²) in [5.41, 5.74) is 0. The van der Waals surface area contributed by atoms with Crippen molar-refractivity contribution in [3.63, 3.8) is 0 Å². The maximum absolute atomic E-state index is 2.31. The smallest absolute Gasteiger partial charge is 0.000959 e. The van der Waals surface area contributed by atoms with Crippen molar-refractivity contribution in [2.24, 2.45) is 0 Å². The first-order valence-electron chi connectivity index (χ1n) is 3.49. The average Bonchev–Trinajstić information content (AvgIpc) is 1.64. The Balaban J connectivity index is -0.0000000900. The van der Waals surface area contributed by atoms with Gasteiger partial charge in [0.2, 0.25) is 0 Å². The number of rotatable bonds is 0. The minimum absolute atomic E-state index is 0. The van der Waals surface area contributed by atoms with Crippen LogP contribution < -0.4 is 0 Å². The molecular weight excluding hydrogens is 122 g/mol. The van der Waals surface area contributed by atoms with Crippen LogP contribution in [0.1, 0.15) is 41.5 Å². The van der Waals surface area contributed by atoms with Crippen LogP contribution in [0.4, 0.5) is 0 Å². The zero-order valence-corrected chi connectivity index (χ0v) is 6.28. The normalized spacial score (nSPS) is 14.7. The fraction of sp³-hybridized carbons (Fsp3) is 1.00. The first kappa shape index (κ1) is 16.5. The molecule has 0 aromatic carbocycles. The van der Waals surface area contributed by atoms with Gasteiger partial charge in [0.05, 0.1) is 0 Å². The summed E-state index contributed by atoms with van der Waals surface area (Å²) in [4.78, 5) is 2.31. The van der Waals surface area contributed by atoms with Gasteiger partial charge < -0.3 is 4.90 Å². The molecule has 0 N–H and O–H groups in total.